The zero-order valence-corrected chi connectivity index (χ0v) is 14.8. The first-order chi connectivity index (χ1) is 10.7. The predicted molar refractivity (Wildman–Crippen MR) is 89.9 cm³/mol. The van der Waals surface area contributed by atoms with Crippen LogP contribution in [0.2, 0.25) is 5.32 Å². The Balaban J connectivity index is 1.60. The predicted octanol–water partition coefficient (Wildman–Crippen LogP) is 2.15. The number of hydrogen-bond donors (Lipinski definition) is 0. The number of nitrogens with zero attached hydrogens (tertiary/aromatic N) is 1. The Morgan fingerprint density at radius 2 is 1.64 bits per heavy atom. The molecule has 5 heteroatoms. The number of sulfonamides is 1. The van der Waals surface area contributed by atoms with Crippen LogP contribution in [0.4, 0.5) is 0 Å². The van der Waals surface area contributed by atoms with E-state index in [0.29, 0.717) is 38.9 Å². The van der Waals surface area contributed by atoms with Crippen LogP contribution in [-0.4, -0.2) is 40.8 Å². The van der Waals surface area contributed by atoms with Crippen LogP contribution < -0.4 is 4.46 Å². The van der Waals surface area contributed by atoms with E-state index in [-0.39, 0.29) is 0 Å². The topological polar surface area (TPSA) is 37.4 Å². The summed E-state index contributed by atoms with van der Waals surface area (Å²) < 4.78 is 28.2. The van der Waals surface area contributed by atoms with Crippen LogP contribution in [0.15, 0.2) is 65.6 Å². The summed E-state index contributed by atoms with van der Waals surface area (Å²) in [4.78, 5) is 0.407. The molecule has 2 aromatic carbocycles. The minimum absolute atomic E-state index is 0.407. The van der Waals surface area contributed by atoms with Crippen molar-refractivity contribution in [2.75, 3.05) is 13.1 Å². The molecule has 1 aliphatic rings. The summed E-state index contributed by atoms with van der Waals surface area (Å²) in [6.07, 6.45) is 0.973. The molecule has 1 atom stereocenters. The molecule has 1 heterocycles. The van der Waals surface area contributed by atoms with Crippen LogP contribution in [0, 0.1) is 5.92 Å². The molecule has 0 bridgehead atoms. The molecule has 2 aromatic rings. The molecule has 0 saturated carbocycles. The molecular formula is C17H19NO2SSe. The minimum atomic E-state index is -3.31. The SMILES string of the molecule is O=S(=O)(c1ccccc1)N1CCC(C[Se]c2ccccc2)C1. The summed E-state index contributed by atoms with van der Waals surface area (Å²) in [5.74, 6) is 0.485. The van der Waals surface area contributed by atoms with Gasteiger partial charge < -0.3 is 0 Å². The summed E-state index contributed by atoms with van der Waals surface area (Å²) in [6, 6.07) is 19.2. The van der Waals surface area contributed by atoms with E-state index in [9.17, 15) is 8.42 Å². The zero-order chi connectivity index (χ0) is 15.4. The van der Waals surface area contributed by atoms with Gasteiger partial charge in [-0.1, -0.05) is 0 Å². The normalized spacial score (nSPS) is 19.4. The second-order valence-electron chi connectivity index (χ2n) is 5.45. The van der Waals surface area contributed by atoms with Gasteiger partial charge in [-0.15, -0.1) is 0 Å². The second kappa shape index (κ2) is 6.97. The van der Waals surface area contributed by atoms with Crippen molar-refractivity contribution in [1.29, 1.82) is 0 Å². The van der Waals surface area contributed by atoms with Crippen LogP contribution in [-0.2, 0) is 10.0 Å². The van der Waals surface area contributed by atoms with Crippen molar-refractivity contribution in [3.63, 3.8) is 0 Å². The molecule has 0 spiro atoms. The molecule has 0 aromatic heterocycles. The van der Waals surface area contributed by atoms with Crippen molar-refractivity contribution >= 4 is 29.4 Å². The van der Waals surface area contributed by atoms with Gasteiger partial charge in [-0.05, 0) is 0 Å². The molecule has 3 nitrogen and oxygen atoms in total. The maximum atomic E-state index is 12.6. The van der Waals surface area contributed by atoms with Gasteiger partial charge in [0.15, 0.2) is 0 Å². The van der Waals surface area contributed by atoms with Gasteiger partial charge in [0.1, 0.15) is 0 Å². The quantitative estimate of drug-likeness (QED) is 0.746. The first-order valence-electron chi connectivity index (χ1n) is 7.39. The zero-order valence-electron chi connectivity index (χ0n) is 12.3. The number of benzene rings is 2. The average molecular weight is 380 g/mol. The van der Waals surface area contributed by atoms with Crippen LogP contribution in [0.1, 0.15) is 6.42 Å². The van der Waals surface area contributed by atoms with Gasteiger partial charge in [0.25, 0.3) is 0 Å². The van der Waals surface area contributed by atoms with E-state index in [1.54, 1.807) is 28.6 Å². The Bertz CT molecular complexity index is 704. The summed E-state index contributed by atoms with van der Waals surface area (Å²) in [7, 11) is -3.31. The molecule has 116 valence electrons. The maximum absolute atomic E-state index is 12.6. The van der Waals surface area contributed by atoms with Gasteiger partial charge in [-0.25, -0.2) is 0 Å². The monoisotopic (exact) mass is 381 g/mol. The van der Waals surface area contributed by atoms with E-state index < -0.39 is 10.0 Å². The summed E-state index contributed by atoms with van der Waals surface area (Å²) in [5, 5.41) is 1.11. The number of hydrogen-bond acceptors (Lipinski definition) is 2. The molecule has 1 unspecified atom stereocenters. The van der Waals surface area contributed by atoms with Crippen molar-refractivity contribution in [3.8, 4) is 0 Å². The molecular weight excluding hydrogens is 361 g/mol. The fraction of sp³-hybridized carbons (Fsp3) is 0.294. The van der Waals surface area contributed by atoms with E-state index >= 15 is 0 Å². The average Bonchev–Trinajstić information content (AvgIpc) is 3.04. The fourth-order valence-electron chi connectivity index (χ4n) is 2.62. The first-order valence-corrected chi connectivity index (χ1v) is 10.9. The Hall–Kier alpha value is -1.13. The Labute approximate surface area is 138 Å². The third-order valence-corrected chi connectivity index (χ3v) is 8.35. The fourth-order valence-corrected chi connectivity index (χ4v) is 6.38. The van der Waals surface area contributed by atoms with Gasteiger partial charge in [0.2, 0.25) is 0 Å². The summed E-state index contributed by atoms with van der Waals surface area (Å²) >= 11 is 0.429. The molecule has 1 saturated heterocycles. The number of rotatable bonds is 5. The van der Waals surface area contributed by atoms with Gasteiger partial charge >= 0.3 is 138 Å². The molecule has 0 aliphatic carbocycles. The molecule has 1 aliphatic heterocycles. The van der Waals surface area contributed by atoms with Crippen LogP contribution >= 0.6 is 0 Å². The molecule has 0 radical (unpaired) electrons. The van der Waals surface area contributed by atoms with Gasteiger partial charge in [0.05, 0.1) is 0 Å². The van der Waals surface area contributed by atoms with E-state index in [2.05, 4.69) is 24.3 Å². The van der Waals surface area contributed by atoms with Gasteiger partial charge in [-0.3, -0.25) is 0 Å². The van der Waals surface area contributed by atoms with E-state index in [1.807, 2.05) is 12.1 Å². The molecule has 3 rings (SSSR count). The molecule has 22 heavy (non-hydrogen) atoms. The summed E-state index contributed by atoms with van der Waals surface area (Å²) in [6.45, 7) is 1.30. The van der Waals surface area contributed by atoms with Crippen LogP contribution in [0.3, 0.4) is 0 Å². The Morgan fingerprint density at radius 3 is 2.32 bits per heavy atom. The van der Waals surface area contributed by atoms with Gasteiger partial charge in [0, 0.05) is 0 Å². The van der Waals surface area contributed by atoms with Crippen molar-refractivity contribution in [3.05, 3.63) is 60.7 Å². The molecule has 0 amide bonds. The first kappa shape index (κ1) is 15.8. The van der Waals surface area contributed by atoms with E-state index in [1.165, 1.54) is 4.46 Å². The Morgan fingerprint density at radius 1 is 1.00 bits per heavy atom. The van der Waals surface area contributed by atoms with Crippen molar-refractivity contribution in [1.82, 2.24) is 4.31 Å². The third kappa shape index (κ3) is 3.61. The molecule has 0 N–H and O–H groups in total. The van der Waals surface area contributed by atoms with E-state index in [4.69, 9.17) is 0 Å². The summed E-state index contributed by atoms with van der Waals surface area (Å²) in [5.41, 5.74) is 0. The van der Waals surface area contributed by atoms with Gasteiger partial charge in [-0.2, -0.15) is 0 Å². The van der Waals surface area contributed by atoms with Crippen molar-refractivity contribution in [2.24, 2.45) is 5.92 Å². The standard InChI is InChI=1S/C17H19NO2SSe/c19-21(20,16-7-3-1-4-8-16)18-12-11-15(13-18)14-22-17-9-5-2-6-10-17/h1-10,15H,11-14H2. The van der Waals surface area contributed by atoms with Crippen LogP contribution in [0.25, 0.3) is 0 Å². The van der Waals surface area contributed by atoms with Crippen molar-refractivity contribution < 1.29 is 8.42 Å². The van der Waals surface area contributed by atoms with Crippen LogP contribution in [0.5, 0.6) is 0 Å². The second-order valence-corrected chi connectivity index (χ2v) is 9.69. The third-order valence-electron chi connectivity index (χ3n) is 3.86. The van der Waals surface area contributed by atoms with Crippen molar-refractivity contribution in [2.45, 2.75) is 16.6 Å². The Kier molecular flexibility index (Phi) is 4.99. The van der Waals surface area contributed by atoms with E-state index in [0.717, 1.165) is 11.7 Å². The molecule has 1 fully saturated rings.